The van der Waals surface area contributed by atoms with Crippen LogP contribution < -0.4 is 15.4 Å². The average Bonchev–Trinajstić information content (AvgIpc) is 3.34. The summed E-state index contributed by atoms with van der Waals surface area (Å²) in [6.45, 7) is 0. The normalized spacial score (nSPS) is 12.0. The van der Waals surface area contributed by atoms with Crippen LogP contribution in [0.15, 0.2) is 83.1 Å². The van der Waals surface area contributed by atoms with E-state index in [0.717, 1.165) is 5.56 Å². The van der Waals surface area contributed by atoms with Crippen LogP contribution in [0, 0.1) is 0 Å². The minimum atomic E-state index is -1.19. The molecule has 32 heavy (non-hydrogen) atoms. The van der Waals surface area contributed by atoms with Gasteiger partial charge in [0.25, 0.3) is 11.8 Å². The Bertz CT molecular complexity index is 1090. The van der Waals surface area contributed by atoms with E-state index in [4.69, 9.17) is 9.15 Å². The minimum Gasteiger partial charge on any atom is -0.497 e. The van der Waals surface area contributed by atoms with Crippen LogP contribution in [0.25, 0.3) is 6.08 Å². The maximum absolute atomic E-state index is 13.0. The van der Waals surface area contributed by atoms with Crippen LogP contribution in [0.2, 0.25) is 0 Å². The van der Waals surface area contributed by atoms with Gasteiger partial charge in [0.15, 0.2) is 5.76 Å². The molecule has 0 aliphatic heterocycles. The van der Waals surface area contributed by atoms with E-state index in [1.807, 2.05) is 6.07 Å². The lowest BCUT2D eigenvalue weighted by Gasteiger charge is -2.16. The van der Waals surface area contributed by atoms with Gasteiger partial charge in [-0.25, -0.2) is 4.79 Å². The fourth-order valence-corrected chi connectivity index (χ4v) is 2.90. The van der Waals surface area contributed by atoms with Crippen LogP contribution in [-0.4, -0.2) is 36.0 Å². The lowest BCUT2D eigenvalue weighted by Crippen LogP contribution is -2.45. The molecular formula is C24H22N2O6. The lowest BCUT2D eigenvalue weighted by molar-refractivity contribution is -0.141. The van der Waals surface area contributed by atoms with E-state index in [9.17, 15) is 19.5 Å². The van der Waals surface area contributed by atoms with Crippen molar-refractivity contribution in [1.82, 2.24) is 10.6 Å². The number of rotatable bonds is 9. The molecule has 8 nitrogen and oxygen atoms in total. The number of furan rings is 1. The summed E-state index contributed by atoms with van der Waals surface area (Å²) in [7, 11) is 1.53. The zero-order valence-electron chi connectivity index (χ0n) is 17.3. The highest BCUT2D eigenvalue weighted by Gasteiger charge is 2.24. The fourth-order valence-electron chi connectivity index (χ4n) is 2.90. The van der Waals surface area contributed by atoms with Gasteiger partial charge in [-0.2, -0.15) is 0 Å². The van der Waals surface area contributed by atoms with Crippen LogP contribution in [0.1, 0.15) is 21.7 Å². The summed E-state index contributed by atoms with van der Waals surface area (Å²) in [5.41, 5.74) is 1.22. The van der Waals surface area contributed by atoms with Crippen LogP contribution in [0.4, 0.5) is 0 Å². The Morgan fingerprint density at radius 3 is 2.34 bits per heavy atom. The molecule has 0 saturated carbocycles. The molecule has 0 spiro atoms. The molecule has 1 aromatic heterocycles. The highest BCUT2D eigenvalue weighted by molar-refractivity contribution is 6.05. The smallest absolute Gasteiger partial charge is 0.326 e. The number of carboxylic acid groups (broad SMARTS) is 1. The molecule has 0 aliphatic carbocycles. The molecule has 1 heterocycles. The van der Waals surface area contributed by atoms with Gasteiger partial charge in [0.05, 0.1) is 13.4 Å². The number of carboxylic acids is 1. The quantitative estimate of drug-likeness (QED) is 0.446. The monoisotopic (exact) mass is 434 g/mol. The molecule has 8 heteroatoms. The summed E-state index contributed by atoms with van der Waals surface area (Å²) < 4.78 is 10.2. The number of carbonyl (C=O) groups excluding carboxylic acids is 2. The van der Waals surface area contributed by atoms with Gasteiger partial charge in [-0.3, -0.25) is 9.59 Å². The largest absolute Gasteiger partial charge is 0.497 e. The van der Waals surface area contributed by atoms with Crippen molar-refractivity contribution >= 4 is 23.9 Å². The van der Waals surface area contributed by atoms with E-state index in [1.54, 1.807) is 54.6 Å². The number of aliphatic carboxylic acids is 1. The summed E-state index contributed by atoms with van der Waals surface area (Å²) in [5.74, 6) is -1.94. The predicted octanol–water partition coefficient (Wildman–Crippen LogP) is 2.87. The molecule has 1 atom stereocenters. The summed E-state index contributed by atoms with van der Waals surface area (Å²) >= 11 is 0. The molecule has 3 aromatic rings. The van der Waals surface area contributed by atoms with Gasteiger partial charge in [0.2, 0.25) is 0 Å². The molecule has 3 rings (SSSR count). The maximum Gasteiger partial charge on any atom is 0.326 e. The molecule has 2 amide bonds. The van der Waals surface area contributed by atoms with E-state index >= 15 is 0 Å². The lowest BCUT2D eigenvalue weighted by atomic mass is 10.1. The Kier molecular flexibility index (Phi) is 7.42. The van der Waals surface area contributed by atoms with E-state index in [0.29, 0.717) is 11.3 Å². The van der Waals surface area contributed by atoms with Crippen molar-refractivity contribution in [1.29, 1.82) is 0 Å². The number of amides is 2. The SMILES string of the molecule is COc1ccc(/C=C(/NC(=O)c2ccco2)C(=O)N[C@H](Cc2ccccc2)C(=O)O)cc1. The molecule has 0 saturated heterocycles. The van der Waals surface area contributed by atoms with Crippen LogP contribution in [0.3, 0.4) is 0 Å². The van der Waals surface area contributed by atoms with Crippen molar-refractivity contribution in [2.45, 2.75) is 12.5 Å². The van der Waals surface area contributed by atoms with Crippen molar-refractivity contribution in [3.05, 3.63) is 95.6 Å². The number of nitrogens with one attached hydrogen (secondary N) is 2. The zero-order chi connectivity index (χ0) is 22.9. The second kappa shape index (κ2) is 10.6. The highest BCUT2D eigenvalue weighted by atomic mass is 16.5. The molecule has 164 valence electrons. The Hall–Kier alpha value is -4.33. The maximum atomic E-state index is 13.0. The van der Waals surface area contributed by atoms with Crippen LogP contribution in [-0.2, 0) is 16.0 Å². The van der Waals surface area contributed by atoms with Crippen molar-refractivity contribution in [2.24, 2.45) is 0 Å². The summed E-state index contributed by atoms with van der Waals surface area (Å²) in [5, 5.41) is 14.6. The third-order valence-electron chi connectivity index (χ3n) is 4.55. The first kappa shape index (κ1) is 22.4. The van der Waals surface area contributed by atoms with E-state index in [-0.39, 0.29) is 17.9 Å². The third-order valence-corrected chi connectivity index (χ3v) is 4.55. The molecule has 3 N–H and O–H groups in total. The first-order chi connectivity index (χ1) is 15.5. The van der Waals surface area contributed by atoms with Crippen molar-refractivity contribution in [3.8, 4) is 5.75 Å². The fraction of sp³-hybridized carbons (Fsp3) is 0.125. The van der Waals surface area contributed by atoms with Gasteiger partial charge in [-0.1, -0.05) is 42.5 Å². The number of ether oxygens (including phenoxy) is 1. The number of benzene rings is 2. The Morgan fingerprint density at radius 2 is 1.75 bits per heavy atom. The zero-order valence-corrected chi connectivity index (χ0v) is 17.3. The summed E-state index contributed by atoms with van der Waals surface area (Å²) in [4.78, 5) is 37.2. The first-order valence-electron chi connectivity index (χ1n) is 9.74. The molecule has 2 aromatic carbocycles. The van der Waals surface area contributed by atoms with Crippen LogP contribution in [0.5, 0.6) is 5.75 Å². The third kappa shape index (κ3) is 6.09. The van der Waals surface area contributed by atoms with Crippen molar-refractivity contribution in [3.63, 3.8) is 0 Å². The van der Waals surface area contributed by atoms with E-state index in [1.165, 1.54) is 25.5 Å². The van der Waals surface area contributed by atoms with E-state index in [2.05, 4.69) is 10.6 Å². The molecule has 0 aliphatic rings. The molecule has 0 unspecified atom stereocenters. The number of carbonyl (C=O) groups is 3. The topological polar surface area (TPSA) is 118 Å². The Balaban J connectivity index is 1.84. The number of hydrogen-bond acceptors (Lipinski definition) is 5. The van der Waals surface area contributed by atoms with Gasteiger partial charge >= 0.3 is 5.97 Å². The van der Waals surface area contributed by atoms with Crippen molar-refractivity contribution < 1.29 is 28.6 Å². The summed E-state index contributed by atoms with van der Waals surface area (Å²) in [6.07, 6.45) is 2.86. The first-order valence-corrected chi connectivity index (χ1v) is 9.74. The summed E-state index contributed by atoms with van der Waals surface area (Å²) in [6, 6.07) is 17.5. The number of methoxy groups -OCH3 is 1. The van der Waals surface area contributed by atoms with Crippen LogP contribution >= 0.6 is 0 Å². The molecular weight excluding hydrogens is 412 g/mol. The molecule has 0 fully saturated rings. The van der Waals surface area contributed by atoms with Gasteiger partial charge in [0, 0.05) is 6.42 Å². The second-order valence-electron chi connectivity index (χ2n) is 6.82. The van der Waals surface area contributed by atoms with Gasteiger partial charge in [-0.05, 0) is 41.5 Å². The standard InChI is InChI=1S/C24H22N2O6/c1-31-18-11-9-17(10-12-18)14-19(25-23(28)21-8-5-13-32-21)22(27)26-20(24(29)30)15-16-6-3-2-4-7-16/h2-14,20H,15H2,1H3,(H,25,28)(H,26,27)(H,29,30)/b19-14+/t20-/m1/s1. The molecule has 0 radical (unpaired) electrons. The van der Waals surface area contributed by atoms with Gasteiger partial charge < -0.3 is 24.9 Å². The van der Waals surface area contributed by atoms with Gasteiger partial charge in [0.1, 0.15) is 17.5 Å². The predicted molar refractivity (Wildman–Crippen MR) is 117 cm³/mol. The second-order valence-corrected chi connectivity index (χ2v) is 6.82. The Labute approximate surface area is 184 Å². The average molecular weight is 434 g/mol. The minimum absolute atomic E-state index is 0.0116. The molecule has 0 bridgehead atoms. The Morgan fingerprint density at radius 1 is 1.03 bits per heavy atom. The van der Waals surface area contributed by atoms with Gasteiger partial charge in [-0.15, -0.1) is 0 Å². The van der Waals surface area contributed by atoms with Crippen molar-refractivity contribution in [2.75, 3.05) is 7.11 Å². The highest BCUT2D eigenvalue weighted by Crippen LogP contribution is 2.14. The van der Waals surface area contributed by atoms with E-state index < -0.39 is 23.8 Å². The number of hydrogen-bond donors (Lipinski definition) is 3.